The van der Waals surface area contributed by atoms with Crippen molar-refractivity contribution in [3.05, 3.63) is 91.8 Å². The number of hydrogen-bond acceptors (Lipinski definition) is 5. The van der Waals surface area contributed by atoms with E-state index in [1.165, 1.54) is 23.5 Å². The van der Waals surface area contributed by atoms with Crippen LogP contribution in [0, 0.1) is 17.4 Å². The van der Waals surface area contributed by atoms with Gasteiger partial charge in [0.05, 0.1) is 23.9 Å². The van der Waals surface area contributed by atoms with Gasteiger partial charge in [-0.1, -0.05) is 6.07 Å². The highest BCUT2D eigenvalue weighted by atomic mass is 127. The zero-order chi connectivity index (χ0) is 25.9. The van der Waals surface area contributed by atoms with E-state index in [4.69, 9.17) is 0 Å². The number of carbonyl (C=O) groups is 1. The van der Waals surface area contributed by atoms with Crippen molar-refractivity contribution in [1.29, 1.82) is 0 Å². The molecule has 11 heteroatoms. The topological polar surface area (TPSA) is 71.3 Å². The van der Waals surface area contributed by atoms with Crippen molar-refractivity contribution in [2.45, 2.75) is 26.4 Å². The van der Waals surface area contributed by atoms with Gasteiger partial charge in [0, 0.05) is 37.3 Å². The lowest BCUT2D eigenvalue weighted by Crippen LogP contribution is -2.20. The summed E-state index contributed by atoms with van der Waals surface area (Å²) in [4.78, 5) is 16.6. The van der Waals surface area contributed by atoms with Gasteiger partial charge in [0.1, 0.15) is 0 Å². The second-order valence-electron chi connectivity index (χ2n) is 7.96. The van der Waals surface area contributed by atoms with Crippen molar-refractivity contribution < 1.29 is 18.0 Å². The Morgan fingerprint density at radius 3 is 2.64 bits per heavy atom. The molecule has 186 valence electrons. The van der Waals surface area contributed by atoms with Crippen LogP contribution in [0.5, 0.6) is 0 Å². The van der Waals surface area contributed by atoms with E-state index in [1.54, 1.807) is 11.6 Å². The first kappa shape index (κ1) is 25.9. The van der Waals surface area contributed by atoms with Gasteiger partial charge in [-0.05, 0) is 85.0 Å². The molecule has 0 bridgehead atoms. The molecule has 0 fully saturated rings. The zero-order valence-corrected chi connectivity index (χ0v) is 22.2. The SMILES string of the molecule is Cc1cc(/C=N\NC(=O)Cc2csc(Nc3cccc(C(F)(F)F)c3)n2)c(C)n1-c1ccc(I)cc1. The van der Waals surface area contributed by atoms with E-state index in [9.17, 15) is 18.0 Å². The molecule has 6 nitrogen and oxygen atoms in total. The molecule has 1 amide bonds. The van der Waals surface area contributed by atoms with E-state index in [2.05, 4.69) is 60.1 Å². The summed E-state index contributed by atoms with van der Waals surface area (Å²) in [5.41, 5.74) is 6.48. The van der Waals surface area contributed by atoms with Gasteiger partial charge in [-0.15, -0.1) is 11.3 Å². The quantitative estimate of drug-likeness (QED) is 0.138. The molecule has 0 aliphatic heterocycles. The minimum absolute atomic E-state index is 0.0141. The Balaban J connectivity index is 1.35. The Hall–Kier alpha value is -3.19. The van der Waals surface area contributed by atoms with Gasteiger partial charge in [0.15, 0.2) is 5.13 Å². The Morgan fingerprint density at radius 1 is 1.17 bits per heavy atom. The van der Waals surface area contributed by atoms with Gasteiger partial charge >= 0.3 is 6.18 Å². The van der Waals surface area contributed by atoms with Crippen LogP contribution in [0.3, 0.4) is 0 Å². The fraction of sp³-hybridized carbons (Fsp3) is 0.160. The molecule has 2 heterocycles. The molecule has 36 heavy (non-hydrogen) atoms. The van der Waals surface area contributed by atoms with E-state index >= 15 is 0 Å². The van der Waals surface area contributed by atoms with Crippen molar-refractivity contribution in [1.82, 2.24) is 15.0 Å². The van der Waals surface area contributed by atoms with Crippen molar-refractivity contribution in [2.75, 3.05) is 5.32 Å². The van der Waals surface area contributed by atoms with Gasteiger partial charge in [-0.3, -0.25) is 4.79 Å². The first-order valence-electron chi connectivity index (χ1n) is 10.8. The van der Waals surface area contributed by atoms with Crippen LogP contribution in [-0.2, 0) is 17.4 Å². The normalized spacial score (nSPS) is 11.7. The van der Waals surface area contributed by atoms with Gasteiger partial charge < -0.3 is 9.88 Å². The predicted octanol–water partition coefficient (Wildman–Crippen LogP) is 6.61. The lowest BCUT2D eigenvalue weighted by molar-refractivity contribution is -0.137. The molecule has 2 aromatic heterocycles. The maximum Gasteiger partial charge on any atom is 0.416 e. The van der Waals surface area contributed by atoms with Gasteiger partial charge in [0.2, 0.25) is 5.91 Å². The molecule has 4 rings (SSSR count). The monoisotopic (exact) mass is 623 g/mol. The van der Waals surface area contributed by atoms with E-state index in [-0.39, 0.29) is 18.0 Å². The summed E-state index contributed by atoms with van der Waals surface area (Å²) in [6.07, 6.45) is -2.84. The minimum atomic E-state index is -4.43. The number of aromatic nitrogens is 2. The highest BCUT2D eigenvalue weighted by Gasteiger charge is 2.30. The zero-order valence-electron chi connectivity index (χ0n) is 19.2. The number of nitrogens with zero attached hydrogens (tertiary/aromatic N) is 3. The fourth-order valence-corrected chi connectivity index (χ4v) is 4.72. The van der Waals surface area contributed by atoms with Crippen LogP contribution in [0.25, 0.3) is 5.69 Å². The number of nitrogens with one attached hydrogen (secondary N) is 2. The maximum atomic E-state index is 12.9. The Morgan fingerprint density at radius 2 is 1.92 bits per heavy atom. The van der Waals surface area contributed by atoms with Gasteiger partial charge in [0.25, 0.3) is 0 Å². The maximum absolute atomic E-state index is 12.9. The molecular formula is C25H21F3IN5OS. The molecule has 0 unspecified atom stereocenters. The third-order valence-corrected chi connectivity index (χ3v) is 6.81. The van der Waals surface area contributed by atoms with Gasteiger partial charge in [-0.2, -0.15) is 18.3 Å². The number of rotatable bonds is 7. The average molecular weight is 623 g/mol. The van der Waals surface area contributed by atoms with Crippen LogP contribution in [0.2, 0.25) is 0 Å². The van der Waals surface area contributed by atoms with E-state index in [0.29, 0.717) is 10.8 Å². The number of carbonyl (C=O) groups excluding carboxylic acids is 1. The molecule has 0 atom stereocenters. The fourth-order valence-electron chi connectivity index (χ4n) is 3.63. The van der Waals surface area contributed by atoms with Crippen molar-refractivity contribution in [2.24, 2.45) is 5.10 Å². The van der Waals surface area contributed by atoms with Crippen LogP contribution < -0.4 is 10.7 Å². The van der Waals surface area contributed by atoms with Crippen molar-refractivity contribution >= 4 is 56.9 Å². The number of aryl methyl sites for hydroxylation is 1. The highest BCUT2D eigenvalue weighted by Crippen LogP contribution is 2.32. The molecule has 4 aromatic rings. The predicted molar refractivity (Wildman–Crippen MR) is 144 cm³/mol. The molecular weight excluding hydrogens is 602 g/mol. The molecule has 0 aliphatic carbocycles. The standard InChI is InChI=1S/C25H21F3IN5OS/c1-15-10-17(16(2)34(15)22-8-6-19(29)7-9-22)13-30-33-23(35)12-21-14-36-24(32-21)31-20-5-3-4-18(11-20)25(26,27)28/h3-11,13-14H,12H2,1-2H3,(H,31,32)(H,33,35)/b30-13-. The lowest BCUT2D eigenvalue weighted by Gasteiger charge is -2.09. The second-order valence-corrected chi connectivity index (χ2v) is 10.1. The third kappa shape index (κ3) is 6.32. The first-order chi connectivity index (χ1) is 17.1. The summed E-state index contributed by atoms with van der Waals surface area (Å²) in [6, 6.07) is 15.0. The van der Waals surface area contributed by atoms with Crippen molar-refractivity contribution in [3.63, 3.8) is 0 Å². The van der Waals surface area contributed by atoms with Crippen LogP contribution in [0.4, 0.5) is 24.0 Å². The smallest absolute Gasteiger partial charge is 0.332 e. The molecule has 0 aliphatic rings. The summed E-state index contributed by atoms with van der Waals surface area (Å²) >= 11 is 3.47. The lowest BCUT2D eigenvalue weighted by atomic mass is 10.2. The summed E-state index contributed by atoms with van der Waals surface area (Å²) < 4.78 is 42.0. The first-order valence-corrected chi connectivity index (χ1v) is 12.7. The van der Waals surface area contributed by atoms with Crippen molar-refractivity contribution in [3.8, 4) is 5.69 Å². The number of amides is 1. The Bertz CT molecular complexity index is 1410. The molecule has 2 aromatic carbocycles. The van der Waals surface area contributed by atoms with Crippen LogP contribution >= 0.6 is 33.9 Å². The molecule has 2 N–H and O–H groups in total. The summed E-state index contributed by atoms with van der Waals surface area (Å²) in [6.45, 7) is 4.00. The number of hydrogen-bond donors (Lipinski definition) is 2. The van der Waals surface area contributed by atoms with Gasteiger partial charge in [-0.25, -0.2) is 10.4 Å². The van der Waals surface area contributed by atoms with Crippen LogP contribution in [-0.4, -0.2) is 21.7 Å². The van der Waals surface area contributed by atoms with Crippen LogP contribution in [0.1, 0.15) is 28.2 Å². The molecule has 0 spiro atoms. The number of thiazole rings is 1. The summed E-state index contributed by atoms with van der Waals surface area (Å²) in [5, 5.41) is 9.00. The average Bonchev–Trinajstić information content (AvgIpc) is 3.37. The highest BCUT2D eigenvalue weighted by molar-refractivity contribution is 14.1. The number of hydrazone groups is 1. The molecule has 0 radical (unpaired) electrons. The second kappa shape index (κ2) is 10.8. The van der Waals surface area contributed by atoms with E-state index in [0.717, 1.165) is 38.3 Å². The summed E-state index contributed by atoms with van der Waals surface area (Å²) in [5.74, 6) is -0.353. The largest absolute Gasteiger partial charge is 0.416 e. The Labute approximate surface area is 223 Å². The molecule has 0 saturated heterocycles. The number of halogens is 4. The summed E-state index contributed by atoms with van der Waals surface area (Å²) in [7, 11) is 0. The number of anilines is 2. The third-order valence-electron chi connectivity index (χ3n) is 5.28. The van der Waals surface area contributed by atoms with Crippen LogP contribution in [0.15, 0.2) is 65.1 Å². The van der Waals surface area contributed by atoms with E-state index in [1.807, 2.05) is 32.0 Å². The van der Waals surface area contributed by atoms with E-state index < -0.39 is 11.7 Å². The Kier molecular flexibility index (Phi) is 7.79. The minimum Gasteiger partial charge on any atom is -0.332 e. The number of alkyl halides is 3. The molecule has 0 saturated carbocycles. The number of benzene rings is 2.